The molecule has 104 valence electrons. The molecule has 0 spiro atoms. The van der Waals surface area contributed by atoms with Crippen LogP contribution in [0.4, 0.5) is 5.69 Å². The summed E-state index contributed by atoms with van der Waals surface area (Å²) in [6.45, 7) is 2.18. The molecular formula is C17H19BrN2. The number of benzene rings is 2. The first kappa shape index (κ1) is 13.7. The quantitative estimate of drug-likeness (QED) is 0.865. The maximum Gasteiger partial charge on any atom is 0.0535 e. The standard InChI is InChI=1S/C17H19BrN2/c1-2-11-9-12(18)7-8-16(11)20-17-10-15(19)13-5-3-4-6-14(13)17/h3-9,15,17,20H,2,10,19H2,1H3. The first-order valence-corrected chi connectivity index (χ1v) is 7.87. The summed E-state index contributed by atoms with van der Waals surface area (Å²) in [5, 5.41) is 3.67. The molecule has 1 aliphatic carbocycles. The molecule has 0 radical (unpaired) electrons. The number of nitrogens with one attached hydrogen (secondary N) is 1. The van der Waals surface area contributed by atoms with E-state index >= 15 is 0 Å². The van der Waals surface area contributed by atoms with E-state index in [-0.39, 0.29) is 6.04 Å². The van der Waals surface area contributed by atoms with Gasteiger partial charge in [0, 0.05) is 16.2 Å². The molecule has 0 amide bonds. The van der Waals surface area contributed by atoms with Crippen LogP contribution in [0, 0.1) is 0 Å². The number of anilines is 1. The molecule has 20 heavy (non-hydrogen) atoms. The van der Waals surface area contributed by atoms with Crippen LogP contribution >= 0.6 is 15.9 Å². The van der Waals surface area contributed by atoms with Crippen molar-refractivity contribution in [3.05, 3.63) is 63.6 Å². The highest BCUT2D eigenvalue weighted by Crippen LogP contribution is 2.39. The molecule has 2 atom stereocenters. The molecule has 0 saturated carbocycles. The summed E-state index contributed by atoms with van der Waals surface area (Å²) in [6, 6.07) is 15.4. The van der Waals surface area contributed by atoms with Gasteiger partial charge >= 0.3 is 0 Å². The minimum absolute atomic E-state index is 0.143. The van der Waals surface area contributed by atoms with Crippen molar-refractivity contribution < 1.29 is 0 Å². The number of aryl methyl sites for hydroxylation is 1. The normalized spacial score (nSPS) is 20.8. The fourth-order valence-corrected chi connectivity index (χ4v) is 3.40. The van der Waals surface area contributed by atoms with Crippen molar-refractivity contribution >= 4 is 21.6 Å². The van der Waals surface area contributed by atoms with Crippen molar-refractivity contribution in [1.82, 2.24) is 0 Å². The van der Waals surface area contributed by atoms with Crippen molar-refractivity contribution in [1.29, 1.82) is 0 Å². The van der Waals surface area contributed by atoms with Crippen LogP contribution in [0.15, 0.2) is 46.9 Å². The average molecular weight is 331 g/mol. The van der Waals surface area contributed by atoms with Gasteiger partial charge in [0.2, 0.25) is 0 Å². The third-order valence-electron chi connectivity index (χ3n) is 4.04. The van der Waals surface area contributed by atoms with Gasteiger partial charge in [-0.05, 0) is 47.7 Å². The van der Waals surface area contributed by atoms with Crippen LogP contribution in [0.3, 0.4) is 0 Å². The van der Waals surface area contributed by atoms with Gasteiger partial charge in [-0.25, -0.2) is 0 Å². The van der Waals surface area contributed by atoms with Gasteiger partial charge in [-0.15, -0.1) is 0 Å². The Hall–Kier alpha value is -1.32. The van der Waals surface area contributed by atoms with Gasteiger partial charge in [-0.2, -0.15) is 0 Å². The Labute approximate surface area is 128 Å². The van der Waals surface area contributed by atoms with Gasteiger partial charge in [0.25, 0.3) is 0 Å². The molecule has 0 aliphatic heterocycles. The van der Waals surface area contributed by atoms with Crippen molar-refractivity contribution in [3.63, 3.8) is 0 Å². The number of hydrogen-bond donors (Lipinski definition) is 2. The molecule has 2 unspecified atom stereocenters. The lowest BCUT2D eigenvalue weighted by Gasteiger charge is -2.18. The highest BCUT2D eigenvalue weighted by molar-refractivity contribution is 9.10. The molecule has 2 aromatic rings. The van der Waals surface area contributed by atoms with Crippen LogP contribution in [0.25, 0.3) is 0 Å². The summed E-state index contributed by atoms with van der Waals surface area (Å²) in [4.78, 5) is 0. The van der Waals surface area contributed by atoms with Gasteiger partial charge < -0.3 is 11.1 Å². The number of halogens is 1. The topological polar surface area (TPSA) is 38.0 Å². The van der Waals surface area contributed by atoms with Gasteiger partial charge in [0.15, 0.2) is 0 Å². The Kier molecular flexibility index (Phi) is 3.81. The van der Waals surface area contributed by atoms with Gasteiger partial charge in [0.05, 0.1) is 6.04 Å². The highest BCUT2D eigenvalue weighted by Gasteiger charge is 2.28. The molecule has 0 saturated heterocycles. The van der Waals surface area contributed by atoms with E-state index in [4.69, 9.17) is 5.73 Å². The predicted molar refractivity (Wildman–Crippen MR) is 87.9 cm³/mol. The molecule has 2 nitrogen and oxygen atoms in total. The fraction of sp³-hybridized carbons (Fsp3) is 0.294. The third-order valence-corrected chi connectivity index (χ3v) is 4.53. The zero-order chi connectivity index (χ0) is 14.1. The van der Waals surface area contributed by atoms with Crippen LogP contribution in [0.5, 0.6) is 0 Å². The minimum atomic E-state index is 0.143. The number of rotatable bonds is 3. The van der Waals surface area contributed by atoms with Crippen LogP contribution in [-0.2, 0) is 6.42 Å². The van der Waals surface area contributed by atoms with E-state index in [1.54, 1.807) is 0 Å². The highest BCUT2D eigenvalue weighted by atomic mass is 79.9. The van der Waals surface area contributed by atoms with Crippen LogP contribution in [0.1, 0.15) is 42.1 Å². The van der Waals surface area contributed by atoms with Crippen molar-refractivity contribution in [2.45, 2.75) is 31.8 Å². The smallest absolute Gasteiger partial charge is 0.0535 e. The predicted octanol–water partition coefficient (Wildman–Crippen LogP) is 4.57. The largest absolute Gasteiger partial charge is 0.378 e. The molecule has 0 aromatic heterocycles. The molecule has 0 heterocycles. The van der Waals surface area contributed by atoms with Crippen molar-refractivity contribution in [2.24, 2.45) is 5.73 Å². The van der Waals surface area contributed by atoms with Crippen LogP contribution in [-0.4, -0.2) is 0 Å². The van der Waals surface area contributed by atoms with Gasteiger partial charge in [-0.1, -0.05) is 47.1 Å². The molecule has 3 heteroatoms. The second kappa shape index (κ2) is 5.58. The molecular weight excluding hydrogens is 312 g/mol. The zero-order valence-corrected chi connectivity index (χ0v) is 13.2. The summed E-state index contributed by atoms with van der Waals surface area (Å²) in [6.07, 6.45) is 1.97. The van der Waals surface area contributed by atoms with Crippen LogP contribution in [0.2, 0.25) is 0 Å². The fourth-order valence-electron chi connectivity index (χ4n) is 2.99. The van der Waals surface area contributed by atoms with E-state index in [1.165, 1.54) is 22.4 Å². The Morgan fingerprint density at radius 1 is 1.20 bits per heavy atom. The van der Waals surface area contributed by atoms with E-state index in [2.05, 4.69) is 70.6 Å². The van der Waals surface area contributed by atoms with Gasteiger partial charge in [0.1, 0.15) is 0 Å². The molecule has 3 rings (SSSR count). The second-order valence-corrected chi connectivity index (χ2v) is 6.24. The average Bonchev–Trinajstić information content (AvgIpc) is 2.78. The lowest BCUT2D eigenvalue weighted by Crippen LogP contribution is -2.11. The Morgan fingerprint density at radius 3 is 2.70 bits per heavy atom. The monoisotopic (exact) mass is 330 g/mol. The van der Waals surface area contributed by atoms with E-state index in [0.717, 1.165) is 17.3 Å². The van der Waals surface area contributed by atoms with Crippen molar-refractivity contribution in [2.75, 3.05) is 5.32 Å². The molecule has 2 aromatic carbocycles. The molecule has 1 aliphatic rings. The SMILES string of the molecule is CCc1cc(Br)ccc1NC1CC(N)c2ccccc21. The maximum atomic E-state index is 6.24. The first-order valence-electron chi connectivity index (χ1n) is 7.08. The number of nitrogens with two attached hydrogens (primary N) is 1. The van der Waals surface area contributed by atoms with E-state index in [9.17, 15) is 0 Å². The number of hydrogen-bond acceptors (Lipinski definition) is 2. The summed E-state index contributed by atoms with van der Waals surface area (Å²) in [7, 11) is 0. The van der Waals surface area contributed by atoms with Crippen molar-refractivity contribution in [3.8, 4) is 0 Å². The zero-order valence-electron chi connectivity index (χ0n) is 11.6. The van der Waals surface area contributed by atoms with E-state index in [0.29, 0.717) is 6.04 Å². The lowest BCUT2D eigenvalue weighted by atomic mass is 10.1. The first-order chi connectivity index (χ1) is 9.69. The Balaban J connectivity index is 1.90. The minimum Gasteiger partial charge on any atom is -0.378 e. The lowest BCUT2D eigenvalue weighted by molar-refractivity contribution is 0.648. The van der Waals surface area contributed by atoms with Crippen LogP contribution < -0.4 is 11.1 Å². The van der Waals surface area contributed by atoms with E-state index in [1.807, 2.05) is 0 Å². The maximum absolute atomic E-state index is 6.24. The number of fused-ring (bicyclic) bond motifs is 1. The van der Waals surface area contributed by atoms with Gasteiger partial charge in [-0.3, -0.25) is 0 Å². The Morgan fingerprint density at radius 2 is 1.95 bits per heavy atom. The Bertz CT molecular complexity index is 624. The third kappa shape index (κ3) is 2.48. The molecule has 0 fully saturated rings. The molecule has 0 bridgehead atoms. The summed E-state index contributed by atoms with van der Waals surface area (Å²) >= 11 is 3.54. The van der Waals surface area contributed by atoms with E-state index < -0.39 is 0 Å². The second-order valence-electron chi connectivity index (χ2n) is 5.32. The summed E-state index contributed by atoms with van der Waals surface area (Å²) in [5.74, 6) is 0. The summed E-state index contributed by atoms with van der Waals surface area (Å²) in [5.41, 5.74) is 11.4. The summed E-state index contributed by atoms with van der Waals surface area (Å²) < 4.78 is 1.13. The molecule has 3 N–H and O–H groups in total.